The van der Waals surface area contributed by atoms with Crippen LogP contribution in [0.3, 0.4) is 0 Å². The third-order valence-electron chi connectivity index (χ3n) is 6.33. The van der Waals surface area contributed by atoms with Gasteiger partial charge in [-0.2, -0.15) is 9.40 Å². The van der Waals surface area contributed by atoms with Crippen LogP contribution in [0.1, 0.15) is 18.9 Å². The highest BCUT2D eigenvalue weighted by molar-refractivity contribution is 7.89. The molecule has 0 spiro atoms. The molecule has 1 N–H and O–H groups in total. The quantitative estimate of drug-likeness (QED) is 0.466. The zero-order chi connectivity index (χ0) is 22.1. The van der Waals surface area contributed by atoms with E-state index in [1.165, 1.54) is 0 Å². The number of fused-ring (bicyclic) bond motifs is 1. The molecule has 3 aromatic heterocycles. The van der Waals surface area contributed by atoms with E-state index in [2.05, 4.69) is 20.8 Å². The number of benzene rings is 1. The van der Waals surface area contributed by atoms with Crippen molar-refractivity contribution in [3.63, 3.8) is 0 Å². The number of nitrogens with one attached hydrogen (secondary N) is 1. The third-order valence-corrected chi connectivity index (χ3v) is 8.27. The number of rotatable bonds is 7. The summed E-state index contributed by atoms with van der Waals surface area (Å²) in [4.78, 5) is 4.75. The van der Waals surface area contributed by atoms with Crippen molar-refractivity contribution in [3.8, 4) is 11.3 Å². The molecule has 1 aromatic carbocycles. The minimum Gasteiger partial charge on any atom is -0.346 e. The Morgan fingerprint density at radius 3 is 2.75 bits per heavy atom. The van der Waals surface area contributed by atoms with Crippen molar-refractivity contribution < 1.29 is 8.42 Å². The lowest BCUT2D eigenvalue weighted by Crippen LogP contribution is -2.36. The van der Waals surface area contributed by atoms with Crippen LogP contribution >= 0.6 is 0 Å². The maximum atomic E-state index is 13.0. The molecular formula is C24H27N5O2S. The number of hydrogen-bond donors (Lipinski definition) is 1. The van der Waals surface area contributed by atoms with Gasteiger partial charge in [0.25, 0.3) is 0 Å². The SMILES string of the molecule is C[C@@H]1C[C@@H](Cn2ccc3nc(-c4cn[nH]c4)ccc32)CN1S(=O)(=O)CCc1ccccc1. The smallest absolute Gasteiger partial charge is 0.214 e. The molecule has 0 radical (unpaired) electrons. The molecule has 0 bridgehead atoms. The third kappa shape index (κ3) is 4.20. The monoisotopic (exact) mass is 449 g/mol. The predicted molar refractivity (Wildman–Crippen MR) is 126 cm³/mol. The lowest BCUT2D eigenvalue weighted by atomic mass is 10.1. The van der Waals surface area contributed by atoms with Gasteiger partial charge in [-0.15, -0.1) is 0 Å². The molecule has 0 saturated carbocycles. The van der Waals surface area contributed by atoms with Gasteiger partial charge in [0.2, 0.25) is 10.0 Å². The molecule has 4 heterocycles. The fourth-order valence-electron chi connectivity index (χ4n) is 4.70. The highest BCUT2D eigenvalue weighted by Gasteiger charge is 2.36. The molecule has 1 saturated heterocycles. The van der Waals surface area contributed by atoms with E-state index in [9.17, 15) is 8.42 Å². The zero-order valence-corrected chi connectivity index (χ0v) is 18.9. The minimum absolute atomic E-state index is 0.0217. The predicted octanol–water partition coefficient (Wildman–Crippen LogP) is 3.71. The lowest BCUT2D eigenvalue weighted by Gasteiger charge is -2.21. The van der Waals surface area contributed by atoms with Gasteiger partial charge in [-0.1, -0.05) is 30.3 Å². The minimum atomic E-state index is -3.29. The summed E-state index contributed by atoms with van der Waals surface area (Å²) in [5.41, 5.74) is 4.90. The van der Waals surface area contributed by atoms with Gasteiger partial charge in [0.05, 0.1) is 28.7 Å². The molecule has 2 atom stereocenters. The highest BCUT2D eigenvalue weighted by atomic mass is 32.2. The lowest BCUT2D eigenvalue weighted by molar-refractivity contribution is 0.399. The van der Waals surface area contributed by atoms with E-state index in [0.717, 1.165) is 40.8 Å². The Kier molecular flexibility index (Phi) is 5.57. The summed E-state index contributed by atoms with van der Waals surface area (Å²) in [6.45, 7) is 3.37. The molecule has 1 aliphatic heterocycles. The van der Waals surface area contributed by atoms with Gasteiger partial charge in [-0.3, -0.25) is 5.10 Å². The van der Waals surface area contributed by atoms with Crippen LogP contribution in [0, 0.1) is 5.92 Å². The van der Waals surface area contributed by atoms with E-state index in [4.69, 9.17) is 4.98 Å². The van der Waals surface area contributed by atoms with E-state index in [0.29, 0.717) is 13.0 Å². The number of nitrogens with zero attached hydrogens (tertiary/aromatic N) is 4. The van der Waals surface area contributed by atoms with Gasteiger partial charge in [0.1, 0.15) is 0 Å². The second-order valence-corrected chi connectivity index (χ2v) is 10.7. The van der Waals surface area contributed by atoms with E-state index >= 15 is 0 Å². The molecule has 7 nitrogen and oxygen atoms in total. The summed E-state index contributed by atoms with van der Waals surface area (Å²) in [6, 6.07) is 15.9. The normalized spacial score (nSPS) is 19.7. The molecule has 0 amide bonds. The number of pyridine rings is 1. The number of aromatic nitrogens is 4. The highest BCUT2D eigenvalue weighted by Crippen LogP contribution is 2.29. The van der Waals surface area contributed by atoms with Gasteiger partial charge >= 0.3 is 0 Å². The van der Waals surface area contributed by atoms with Crippen molar-refractivity contribution in [1.82, 2.24) is 24.1 Å². The van der Waals surface area contributed by atoms with Gasteiger partial charge in [-0.05, 0) is 49.4 Å². The topological polar surface area (TPSA) is 83.9 Å². The first-order chi connectivity index (χ1) is 15.5. The second kappa shape index (κ2) is 8.52. The maximum Gasteiger partial charge on any atom is 0.214 e. The fourth-order valence-corrected chi connectivity index (χ4v) is 6.50. The molecule has 8 heteroatoms. The van der Waals surface area contributed by atoms with Crippen molar-refractivity contribution in [3.05, 3.63) is 72.7 Å². The Hall–Kier alpha value is -2.97. The van der Waals surface area contributed by atoms with Gasteiger partial charge in [-0.25, -0.2) is 13.4 Å². The number of H-pyrrole nitrogens is 1. The van der Waals surface area contributed by atoms with Crippen LogP contribution < -0.4 is 0 Å². The molecule has 166 valence electrons. The molecule has 0 aliphatic carbocycles. The molecule has 0 unspecified atom stereocenters. The van der Waals surface area contributed by atoms with E-state index in [-0.39, 0.29) is 17.7 Å². The number of aryl methyl sites for hydroxylation is 1. The average molecular weight is 450 g/mol. The molecule has 1 aliphatic rings. The van der Waals surface area contributed by atoms with Crippen LogP contribution in [-0.4, -0.2) is 50.8 Å². The van der Waals surface area contributed by atoms with Crippen LogP contribution in [0.4, 0.5) is 0 Å². The summed E-state index contributed by atoms with van der Waals surface area (Å²) in [6.07, 6.45) is 7.05. The Morgan fingerprint density at radius 2 is 1.97 bits per heavy atom. The summed E-state index contributed by atoms with van der Waals surface area (Å²) in [5.74, 6) is 0.432. The summed E-state index contributed by atoms with van der Waals surface area (Å²) in [7, 11) is -3.29. The van der Waals surface area contributed by atoms with Crippen molar-refractivity contribution in [1.29, 1.82) is 0 Å². The number of sulfonamides is 1. The number of aromatic amines is 1. The first-order valence-corrected chi connectivity index (χ1v) is 12.6. The average Bonchev–Trinajstić information content (AvgIpc) is 3.54. The summed E-state index contributed by atoms with van der Waals surface area (Å²) >= 11 is 0. The van der Waals surface area contributed by atoms with Crippen LogP contribution in [0.5, 0.6) is 0 Å². The Balaban J connectivity index is 1.27. The van der Waals surface area contributed by atoms with Crippen LogP contribution in [-0.2, 0) is 23.0 Å². The molecule has 32 heavy (non-hydrogen) atoms. The van der Waals surface area contributed by atoms with Crippen molar-refractivity contribution in [2.45, 2.75) is 32.4 Å². The second-order valence-electron chi connectivity index (χ2n) is 8.63. The number of hydrogen-bond acceptors (Lipinski definition) is 4. The first-order valence-electron chi connectivity index (χ1n) is 11.0. The van der Waals surface area contributed by atoms with Gasteiger partial charge in [0.15, 0.2) is 0 Å². The van der Waals surface area contributed by atoms with E-state index < -0.39 is 10.0 Å². The fraction of sp³-hybridized carbons (Fsp3) is 0.333. The Morgan fingerprint density at radius 1 is 1.12 bits per heavy atom. The van der Waals surface area contributed by atoms with Crippen molar-refractivity contribution in [2.75, 3.05) is 12.3 Å². The maximum absolute atomic E-state index is 13.0. The largest absolute Gasteiger partial charge is 0.346 e. The molecular weight excluding hydrogens is 422 g/mol. The van der Waals surface area contributed by atoms with Crippen molar-refractivity contribution >= 4 is 21.1 Å². The first kappa shape index (κ1) is 20.9. The van der Waals surface area contributed by atoms with Gasteiger partial charge in [0, 0.05) is 37.1 Å². The van der Waals surface area contributed by atoms with Crippen LogP contribution in [0.2, 0.25) is 0 Å². The zero-order valence-electron chi connectivity index (χ0n) is 18.1. The molecule has 1 fully saturated rings. The Labute approximate surface area is 188 Å². The van der Waals surface area contributed by atoms with Crippen molar-refractivity contribution in [2.24, 2.45) is 5.92 Å². The molecule has 4 aromatic rings. The van der Waals surface area contributed by atoms with E-state index in [1.807, 2.05) is 61.8 Å². The Bertz CT molecular complexity index is 1300. The van der Waals surface area contributed by atoms with Crippen LogP contribution in [0.15, 0.2) is 67.1 Å². The molecule has 5 rings (SSSR count). The van der Waals surface area contributed by atoms with Gasteiger partial charge < -0.3 is 4.57 Å². The summed E-state index contributed by atoms with van der Waals surface area (Å²) < 4.78 is 30.0. The van der Waals surface area contributed by atoms with E-state index in [1.54, 1.807) is 10.5 Å². The standard InChI is InChI=1S/C24H27N5O2S/c1-18-13-20(17-29(18)32(30,31)12-10-19-5-3-2-4-6-19)16-28-11-9-23-24(28)8-7-22(27-23)21-14-25-26-15-21/h2-9,11,14-15,18,20H,10,12-13,16-17H2,1H3,(H,25,26)/t18-,20+/m1/s1. The van der Waals surface area contributed by atoms with Crippen LogP contribution in [0.25, 0.3) is 22.3 Å². The summed E-state index contributed by atoms with van der Waals surface area (Å²) in [5, 5.41) is 6.81.